The monoisotopic (exact) mass is 296 g/mol. The number of fused-ring (bicyclic) bond motifs is 1. The Morgan fingerprint density at radius 1 is 1.14 bits per heavy atom. The second kappa shape index (κ2) is 5.86. The van der Waals surface area contributed by atoms with E-state index in [4.69, 9.17) is 5.73 Å². The van der Waals surface area contributed by atoms with Gasteiger partial charge in [-0.25, -0.2) is 4.98 Å². The van der Waals surface area contributed by atoms with E-state index in [1.165, 1.54) is 31.5 Å². The molecule has 1 aliphatic heterocycles. The maximum atomic E-state index is 6.33. The number of rotatable bonds is 3. The first kappa shape index (κ1) is 14.0. The van der Waals surface area contributed by atoms with E-state index in [9.17, 15) is 0 Å². The minimum atomic E-state index is 0.401. The molecule has 2 N–H and O–H groups in total. The predicted molar refractivity (Wildman–Crippen MR) is 87.6 cm³/mol. The summed E-state index contributed by atoms with van der Waals surface area (Å²) in [5.74, 6) is 2.61. The number of hydrogen-bond acceptors (Lipinski definition) is 3. The quantitative estimate of drug-likeness (QED) is 0.946. The highest BCUT2D eigenvalue weighted by Crippen LogP contribution is 2.36. The average Bonchev–Trinajstić information content (AvgIpc) is 3.16. The third-order valence-electron chi connectivity index (χ3n) is 5.35. The number of para-hydroxylation sites is 1. The van der Waals surface area contributed by atoms with Crippen molar-refractivity contribution >= 4 is 0 Å². The van der Waals surface area contributed by atoms with Crippen molar-refractivity contribution in [2.24, 2.45) is 17.6 Å². The van der Waals surface area contributed by atoms with Crippen molar-refractivity contribution in [3.63, 3.8) is 0 Å². The van der Waals surface area contributed by atoms with Gasteiger partial charge in [0.25, 0.3) is 0 Å². The Labute approximate surface area is 131 Å². The minimum Gasteiger partial charge on any atom is -0.327 e. The van der Waals surface area contributed by atoms with Crippen LogP contribution >= 0.6 is 0 Å². The van der Waals surface area contributed by atoms with Gasteiger partial charge in [0.2, 0.25) is 0 Å². The van der Waals surface area contributed by atoms with Gasteiger partial charge in [0.15, 0.2) is 0 Å². The number of nitrogens with zero attached hydrogens (tertiary/aromatic N) is 3. The van der Waals surface area contributed by atoms with Gasteiger partial charge in [0.05, 0.1) is 6.54 Å². The van der Waals surface area contributed by atoms with Gasteiger partial charge in [-0.3, -0.25) is 4.90 Å². The third-order valence-corrected chi connectivity index (χ3v) is 5.35. The highest BCUT2D eigenvalue weighted by Gasteiger charge is 2.38. The SMILES string of the molecule is NC1CCCC2CN(Cc3nccn3-c3ccccc3)CC12. The van der Waals surface area contributed by atoms with Gasteiger partial charge in [-0.2, -0.15) is 0 Å². The van der Waals surface area contributed by atoms with Crippen molar-refractivity contribution in [2.75, 3.05) is 13.1 Å². The molecule has 2 aromatic rings. The Kier molecular flexibility index (Phi) is 3.72. The van der Waals surface area contributed by atoms with Crippen LogP contribution in [0, 0.1) is 11.8 Å². The summed E-state index contributed by atoms with van der Waals surface area (Å²) >= 11 is 0. The van der Waals surface area contributed by atoms with Gasteiger partial charge >= 0.3 is 0 Å². The minimum absolute atomic E-state index is 0.401. The Balaban J connectivity index is 1.50. The smallest absolute Gasteiger partial charge is 0.127 e. The molecular formula is C18H24N4. The van der Waals surface area contributed by atoms with Crippen LogP contribution in [0.4, 0.5) is 0 Å². The molecule has 4 heteroatoms. The Morgan fingerprint density at radius 3 is 2.82 bits per heavy atom. The van der Waals surface area contributed by atoms with Crippen molar-refractivity contribution in [2.45, 2.75) is 31.8 Å². The van der Waals surface area contributed by atoms with Crippen LogP contribution in [-0.4, -0.2) is 33.6 Å². The van der Waals surface area contributed by atoms with Gasteiger partial charge in [0, 0.05) is 37.2 Å². The molecule has 1 saturated carbocycles. The molecule has 1 aromatic heterocycles. The lowest BCUT2D eigenvalue weighted by atomic mass is 9.78. The molecule has 2 heterocycles. The molecule has 0 bridgehead atoms. The Bertz CT molecular complexity index is 621. The number of imidazole rings is 1. The van der Waals surface area contributed by atoms with E-state index in [0.29, 0.717) is 12.0 Å². The number of nitrogens with two attached hydrogens (primary N) is 1. The van der Waals surface area contributed by atoms with Gasteiger partial charge < -0.3 is 10.3 Å². The van der Waals surface area contributed by atoms with Crippen molar-refractivity contribution in [3.8, 4) is 5.69 Å². The van der Waals surface area contributed by atoms with Crippen LogP contribution in [0.2, 0.25) is 0 Å². The molecule has 2 fully saturated rings. The molecule has 4 rings (SSSR count). The fourth-order valence-electron chi connectivity index (χ4n) is 4.21. The molecule has 3 unspecified atom stereocenters. The fourth-order valence-corrected chi connectivity index (χ4v) is 4.21. The highest BCUT2D eigenvalue weighted by molar-refractivity contribution is 5.32. The van der Waals surface area contributed by atoms with E-state index in [0.717, 1.165) is 24.8 Å². The molecule has 2 aliphatic rings. The summed E-state index contributed by atoms with van der Waals surface area (Å²) in [6.45, 7) is 3.23. The first-order valence-corrected chi connectivity index (χ1v) is 8.37. The lowest BCUT2D eigenvalue weighted by Crippen LogP contribution is -2.38. The van der Waals surface area contributed by atoms with E-state index < -0.39 is 0 Å². The van der Waals surface area contributed by atoms with Crippen molar-refractivity contribution < 1.29 is 0 Å². The van der Waals surface area contributed by atoms with Gasteiger partial charge in [0.1, 0.15) is 5.82 Å². The Morgan fingerprint density at radius 2 is 2.00 bits per heavy atom. The van der Waals surface area contributed by atoms with Crippen LogP contribution in [0.15, 0.2) is 42.7 Å². The molecule has 116 valence electrons. The molecule has 4 nitrogen and oxygen atoms in total. The molecular weight excluding hydrogens is 272 g/mol. The van der Waals surface area contributed by atoms with Gasteiger partial charge in [-0.05, 0) is 36.8 Å². The molecule has 1 aromatic carbocycles. The summed E-state index contributed by atoms with van der Waals surface area (Å²) in [5.41, 5.74) is 7.51. The number of hydrogen-bond donors (Lipinski definition) is 1. The average molecular weight is 296 g/mol. The zero-order valence-electron chi connectivity index (χ0n) is 12.9. The Hall–Kier alpha value is -1.65. The van der Waals surface area contributed by atoms with Crippen LogP contribution in [0.5, 0.6) is 0 Å². The lowest BCUT2D eigenvalue weighted by Gasteiger charge is -2.29. The summed E-state index contributed by atoms with van der Waals surface area (Å²) in [4.78, 5) is 7.13. The topological polar surface area (TPSA) is 47.1 Å². The number of aromatic nitrogens is 2. The zero-order valence-corrected chi connectivity index (χ0v) is 12.9. The maximum Gasteiger partial charge on any atom is 0.127 e. The van der Waals surface area contributed by atoms with Crippen molar-refractivity contribution in [3.05, 3.63) is 48.5 Å². The first-order chi connectivity index (χ1) is 10.8. The van der Waals surface area contributed by atoms with E-state index in [2.05, 4.69) is 44.9 Å². The van der Waals surface area contributed by atoms with Crippen LogP contribution in [0.3, 0.4) is 0 Å². The van der Waals surface area contributed by atoms with Crippen molar-refractivity contribution in [1.82, 2.24) is 14.5 Å². The van der Waals surface area contributed by atoms with Crippen LogP contribution in [0.1, 0.15) is 25.1 Å². The fraction of sp³-hybridized carbons (Fsp3) is 0.500. The molecule has 0 amide bonds. The second-order valence-electron chi connectivity index (χ2n) is 6.76. The highest BCUT2D eigenvalue weighted by atomic mass is 15.2. The predicted octanol–water partition coefficient (Wildman–Crippen LogP) is 2.43. The van der Waals surface area contributed by atoms with Gasteiger partial charge in [-0.15, -0.1) is 0 Å². The summed E-state index contributed by atoms with van der Waals surface area (Å²) in [5, 5.41) is 0. The first-order valence-electron chi connectivity index (χ1n) is 8.37. The van der Waals surface area contributed by atoms with E-state index >= 15 is 0 Å². The van der Waals surface area contributed by atoms with Crippen LogP contribution < -0.4 is 5.73 Å². The van der Waals surface area contributed by atoms with E-state index in [1.54, 1.807) is 0 Å². The molecule has 1 saturated heterocycles. The largest absolute Gasteiger partial charge is 0.327 e. The van der Waals surface area contributed by atoms with E-state index in [1.807, 2.05) is 12.3 Å². The maximum absolute atomic E-state index is 6.33. The summed E-state index contributed by atoms with van der Waals surface area (Å²) in [7, 11) is 0. The summed E-state index contributed by atoms with van der Waals surface area (Å²) in [6.07, 6.45) is 7.81. The molecule has 0 radical (unpaired) electrons. The molecule has 1 aliphatic carbocycles. The standard InChI is InChI=1S/C18H24N4/c19-17-8-4-5-14-11-21(12-16(14)17)13-18-20-9-10-22(18)15-6-2-1-3-7-15/h1-3,6-7,9-10,14,16-17H,4-5,8,11-13,19H2. The van der Waals surface area contributed by atoms with Crippen molar-refractivity contribution in [1.29, 1.82) is 0 Å². The molecule has 22 heavy (non-hydrogen) atoms. The van der Waals surface area contributed by atoms with Crippen LogP contribution in [0.25, 0.3) is 5.69 Å². The lowest BCUT2D eigenvalue weighted by molar-refractivity contribution is 0.259. The molecule has 3 atom stereocenters. The summed E-state index contributed by atoms with van der Waals surface area (Å²) in [6, 6.07) is 10.9. The zero-order chi connectivity index (χ0) is 14.9. The third kappa shape index (κ3) is 2.57. The normalized spacial score (nSPS) is 28.7. The van der Waals surface area contributed by atoms with E-state index in [-0.39, 0.29) is 0 Å². The summed E-state index contributed by atoms with van der Waals surface area (Å²) < 4.78 is 2.20. The second-order valence-corrected chi connectivity index (χ2v) is 6.76. The van der Waals surface area contributed by atoms with Gasteiger partial charge in [-0.1, -0.05) is 24.6 Å². The molecule has 0 spiro atoms. The van der Waals surface area contributed by atoms with Crippen LogP contribution in [-0.2, 0) is 6.54 Å². The number of likely N-dealkylation sites (tertiary alicyclic amines) is 1. The number of benzene rings is 1.